The van der Waals surface area contributed by atoms with E-state index in [1.165, 1.54) is 10.9 Å². The zero-order valence-electron chi connectivity index (χ0n) is 25.2. The SMILES string of the molecule is CC(C)(C)[Si](C)(C)O[C@@H]1[C@@H]2O[Si](C(C)(C)C)(C(C)(C)C)OC[C@H]2O[C@H]1n1cc2c3c(ncnc31)SCCC2. The fourth-order valence-corrected chi connectivity index (χ4v) is 13.5. The minimum Gasteiger partial charge on any atom is -0.407 e. The maximum absolute atomic E-state index is 7.29. The maximum atomic E-state index is 7.29. The first-order chi connectivity index (χ1) is 17.5. The average Bonchev–Trinajstić information content (AvgIpc) is 3.24. The number of ether oxygens (including phenoxy) is 1. The Bertz CT molecular complexity index is 1180. The molecule has 38 heavy (non-hydrogen) atoms. The van der Waals surface area contributed by atoms with Crippen molar-refractivity contribution in [3.05, 3.63) is 18.1 Å². The van der Waals surface area contributed by atoms with Crippen LogP contribution < -0.4 is 0 Å². The molecule has 0 saturated carbocycles. The van der Waals surface area contributed by atoms with Crippen LogP contribution in [0.15, 0.2) is 17.6 Å². The summed E-state index contributed by atoms with van der Waals surface area (Å²) >= 11 is 1.83. The standard InChI is InChI=1S/C28H47N3O4SSi2/c1-26(2,3)37(10,11)34-22-21-19(16-32-38(35-21,27(4,5)6)28(7,8)9)33-25(22)31-15-18-13-12-14-36-24-20(18)23(31)29-17-30-24/h15,17,19,21-22,25H,12-14,16H2,1-11H3/t19-,21-,22-,25-/m1/s1. The monoisotopic (exact) mass is 577 g/mol. The quantitative estimate of drug-likeness (QED) is 0.282. The molecule has 2 fully saturated rings. The molecule has 7 nitrogen and oxygen atoms in total. The second kappa shape index (κ2) is 9.39. The molecule has 2 saturated heterocycles. The normalized spacial score (nSPS) is 28.4. The molecule has 0 N–H and O–H groups in total. The fraction of sp³-hybridized carbons (Fsp3) is 0.786. The number of aryl methyl sites for hydroxylation is 1. The molecule has 212 valence electrons. The van der Waals surface area contributed by atoms with Crippen molar-refractivity contribution >= 4 is 39.7 Å². The Morgan fingerprint density at radius 1 is 1.05 bits per heavy atom. The molecule has 10 heteroatoms. The Hall–Kier alpha value is -0.756. The van der Waals surface area contributed by atoms with E-state index in [0.717, 1.165) is 29.3 Å². The number of thioether (sulfide) groups is 1. The van der Waals surface area contributed by atoms with Gasteiger partial charge in [-0.3, -0.25) is 0 Å². The third-order valence-corrected chi connectivity index (χ3v) is 19.7. The van der Waals surface area contributed by atoms with Crippen LogP contribution in [-0.4, -0.2) is 62.1 Å². The second-order valence-electron chi connectivity index (χ2n) is 14.8. The van der Waals surface area contributed by atoms with Gasteiger partial charge in [0.1, 0.15) is 35.3 Å². The van der Waals surface area contributed by atoms with Gasteiger partial charge in [0, 0.05) is 16.3 Å². The van der Waals surface area contributed by atoms with Crippen molar-refractivity contribution in [3.63, 3.8) is 0 Å². The summed E-state index contributed by atoms with van der Waals surface area (Å²) in [6.45, 7) is 25.7. The van der Waals surface area contributed by atoms with Gasteiger partial charge in [0.15, 0.2) is 14.5 Å². The van der Waals surface area contributed by atoms with Crippen LogP contribution >= 0.6 is 11.8 Å². The van der Waals surface area contributed by atoms with E-state index in [4.69, 9.17) is 23.0 Å². The number of rotatable bonds is 3. The Kier molecular flexibility index (Phi) is 7.11. The number of fused-ring (bicyclic) bond motifs is 1. The largest absolute Gasteiger partial charge is 0.407 e. The van der Waals surface area contributed by atoms with E-state index in [9.17, 15) is 0 Å². The molecule has 3 aliphatic rings. The second-order valence-corrected chi connectivity index (χ2v) is 25.4. The average molecular weight is 578 g/mol. The molecule has 5 heterocycles. The molecule has 0 bridgehead atoms. The van der Waals surface area contributed by atoms with Crippen molar-refractivity contribution in [2.24, 2.45) is 0 Å². The van der Waals surface area contributed by atoms with Crippen LogP contribution in [0.5, 0.6) is 0 Å². The summed E-state index contributed by atoms with van der Waals surface area (Å²) in [6.07, 6.45) is 5.12. The predicted molar refractivity (Wildman–Crippen MR) is 159 cm³/mol. The predicted octanol–water partition coefficient (Wildman–Crippen LogP) is 7.22. The van der Waals surface area contributed by atoms with Crippen molar-refractivity contribution in [1.29, 1.82) is 0 Å². The zero-order chi connectivity index (χ0) is 27.9. The summed E-state index contributed by atoms with van der Waals surface area (Å²) in [5.41, 5.74) is 2.23. The van der Waals surface area contributed by atoms with Crippen LogP contribution in [0, 0.1) is 0 Å². The summed E-state index contributed by atoms with van der Waals surface area (Å²) in [6, 6.07) is 0. The van der Waals surface area contributed by atoms with Gasteiger partial charge in [-0.05, 0) is 42.3 Å². The van der Waals surface area contributed by atoms with Crippen LogP contribution in [0.1, 0.15) is 80.5 Å². The van der Waals surface area contributed by atoms with E-state index in [1.54, 1.807) is 6.33 Å². The molecule has 0 aromatic carbocycles. The van der Waals surface area contributed by atoms with Crippen LogP contribution in [0.4, 0.5) is 0 Å². The minimum atomic E-state index is -2.71. The van der Waals surface area contributed by atoms with Crippen molar-refractivity contribution in [2.45, 2.75) is 133 Å². The molecular weight excluding hydrogens is 531 g/mol. The first-order valence-electron chi connectivity index (χ1n) is 14.1. The molecule has 0 unspecified atom stereocenters. The van der Waals surface area contributed by atoms with Gasteiger partial charge in [0.25, 0.3) is 0 Å². The first-order valence-corrected chi connectivity index (χ1v) is 19.8. The maximum Gasteiger partial charge on any atom is 0.349 e. The summed E-state index contributed by atoms with van der Waals surface area (Å²) in [7, 11) is -4.88. The first kappa shape index (κ1) is 28.8. The summed E-state index contributed by atoms with van der Waals surface area (Å²) in [5.74, 6) is 1.08. The van der Waals surface area contributed by atoms with Crippen LogP contribution in [0.3, 0.4) is 0 Å². The van der Waals surface area contributed by atoms with E-state index < -0.39 is 16.9 Å². The van der Waals surface area contributed by atoms with Gasteiger partial charge < -0.3 is 22.6 Å². The van der Waals surface area contributed by atoms with Crippen molar-refractivity contribution in [2.75, 3.05) is 12.4 Å². The Morgan fingerprint density at radius 3 is 2.37 bits per heavy atom. The highest BCUT2D eigenvalue weighted by atomic mass is 32.2. The molecule has 2 aromatic rings. The van der Waals surface area contributed by atoms with E-state index >= 15 is 0 Å². The van der Waals surface area contributed by atoms with Gasteiger partial charge >= 0.3 is 8.56 Å². The third kappa shape index (κ3) is 4.56. The lowest BCUT2D eigenvalue weighted by atomic mass is 10.1. The lowest BCUT2D eigenvalue weighted by Gasteiger charge is -2.54. The third-order valence-electron chi connectivity index (χ3n) is 9.01. The summed E-state index contributed by atoms with van der Waals surface area (Å²) < 4.78 is 30.4. The van der Waals surface area contributed by atoms with E-state index in [1.807, 2.05) is 11.8 Å². The summed E-state index contributed by atoms with van der Waals surface area (Å²) in [5, 5.41) is 2.08. The van der Waals surface area contributed by atoms with Gasteiger partial charge in [0.05, 0.1) is 12.0 Å². The molecular formula is C28H47N3O4SSi2. The molecule has 0 amide bonds. The highest BCUT2D eigenvalue weighted by Gasteiger charge is 2.66. The number of hydrogen-bond acceptors (Lipinski definition) is 7. The number of hydrogen-bond donors (Lipinski definition) is 0. The van der Waals surface area contributed by atoms with Gasteiger partial charge in [0.2, 0.25) is 0 Å². The zero-order valence-corrected chi connectivity index (χ0v) is 28.0. The van der Waals surface area contributed by atoms with Crippen LogP contribution in [0.25, 0.3) is 11.0 Å². The van der Waals surface area contributed by atoms with Crippen molar-refractivity contribution in [3.8, 4) is 0 Å². The highest BCUT2D eigenvalue weighted by molar-refractivity contribution is 7.99. The van der Waals surface area contributed by atoms with Crippen molar-refractivity contribution < 1.29 is 18.0 Å². The fourth-order valence-electron chi connectivity index (χ4n) is 6.24. The molecule has 0 radical (unpaired) electrons. The molecule has 0 spiro atoms. The summed E-state index contributed by atoms with van der Waals surface area (Å²) in [4.78, 5) is 9.41. The molecule has 3 aliphatic heterocycles. The van der Waals surface area contributed by atoms with E-state index in [2.05, 4.69) is 91.2 Å². The number of nitrogens with zero attached hydrogens (tertiary/aromatic N) is 3. The van der Waals surface area contributed by atoms with Gasteiger partial charge in [-0.2, -0.15) is 0 Å². The van der Waals surface area contributed by atoms with E-state index in [0.29, 0.717) is 6.61 Å². The lowest BCUT2D eigenvalue weighted by Crippen LogP contribution is -2.66. The molecule has 5 rings (SSSR count). The molecule has 0 aliphatic carbocycles. The Balaban J connectivity index is 1.62. The molecule has 4 atom stereocenters. The number of aromatic nitrogens is 3. The van der Waals surface area contributed by atoms with Crippen LogP contribution in [-0.2, 0) is 24.4 Å². The van der Waals surface area contributed by atoms with E-state index in [-0.39, 0.29) is 39.7 Å². The lowest BCUT2D eigenvalue weighted by molar-refractivity contribution is -0.0794. The Morgan fingerprint density at radius 2 is 1.74 bits per heavy atom. The molecule has 2 aromatic heterocycles. The highest BCUT2D eigenvalue weighted by Crippen LogP contribution is 2.57. The van der Waals surface area contributed by atoms with Crippen LogP contribution in [0.2, 0.25) is 28.2 Å². The van der Waals surface area contributed by atoms with Gasteiger partial charge in [-0.1, -0.05) is 62.3 Å². The van der Waals surface area contributed by atoms with Crippen molar-refractivity contribution in [1.82, 2.24) is 14.5 Å². The van der Waals surface area contributed by atoms with Gasteiger partial charge in [-0.25, -0.2) is 9.97 Å². The smallest absolute Gasteiger partial charge is 0.349 e. The minimum absolute atomic E-state index is 0.0557. The topological polar surface area (TPSA) is 67.6 Å². The Labute approximate surface area is 235 Å². The van der Waals surface area contributed by atoms with Gasteiger partial charge in [-0.15, -0.1) is 11.8 Å².